The van der Waals surface area contributed by atoms with Crippen LogP contribution in [0.4, 0.5) is 0 Å². The first kappa shape index (κ1) is 12.0. The van der Waals surface area contributed by atoms with E-state index in [4.69, 9.17) is 4.42 Å². The molecule has 0 radical (unpaired) electrons. The summed E-state index contributed by atoms with van der Waals surface area (Å²) in [5.74, 6) is 0.0332. The zero-order chi connectivity index (χ0) is 13.6. The van der Waals surface area contributed by atoms with Crippen molar-refractivity contribution in [3.63, 3.8) is 0 Å². The van der Waals surface area contributed by atoms with E-state index in [1.54, 1.807) is 6.26 Å². The molecule has 19 heavy (non-hydrogen) atoms. The van der Waals surface area contributed by atoms with Gasteiger partial charge in [-0.05, 0) is 23.5 Å². The standard InChI is InChI=1S/C17H16O2/c1-11-8-17(2,3)9-13(16(11)18)14-10-19-15-7-5-4-6-12(14)15/h4-7,9-10H,1,8H2,2-3H3. The number of hydrogen-bond donors (Lipinski definition) is 0. The molecule has 0 N–H and O–H groups in total. The summed E-state index contributed by atoms with van der Waals surface area (Å²) in [5, 5.41) is 0.979. The minimum absolute atomic E-state index is 0.0332. The Morgan fingerprint density at radius 2 is 2.00 bits per heavy atom. The molecule has 1 aromatic heterocycles. The van der Waals surface area contributed by atoms with Crippen LogP contribution in [0.25, 0.3) is 16.5 Å². The molecule has 0 unspecified atom stereocenters. The normalized spacial score (nSPS) is 18.7. The summed E-state index contributed by atoms with van der Waals surface area (Å²) in [6.45, 7) is 8.15. The van der Waals surface area contributed by atoms with E-state index >= 15 is 0 Å². The van der Waals surface area contributed by atoms with E-state index in [0.717, 1.165) is 16.5 Å². The fraction of sp³-hybridized carbons (Fsp3) is 0.235. The number of rotatable bonds is 1. The van der Waals surface area contributed by atoms with Gasteiger partial charge < -0.3 is 4.42 Å². The number of ketones is 1. The van der Waals surface area contributed by atoms with Crippen LogP contribution in [-0.2, 0) is 4.79 Å². The van der Waals surface area contributed by atoms with Gasteiger partial charge in [-0.3, -0.25) is 4.79 Å². The lowest BCUT2D eigenvalue weighted by molar-refractivity contribution is -0.111. The monoisotopic (exact) mass is 252 g/mol. The first-order chi connectivity index (χ1) is 8.98. The fourth-order valence-corrected chi connectivity index (χ4v) is 2.71. The number of benzene rings is 1. The molecule has 1 aliphatic carbocycles. The van der Waals surface area contributed by atoms with E-state index < -0.39 is 0 Å². The van der Waals surface area contributed by atoms with Crippen molar-refractivity contribution in [1.82, 2.24) is 0 Å². The summed E-state index contributed by atoms with van der Waals surface area (Å²) in [7, 11) is 0. The van der Waals surface area contributed by atoms with Crippen molar-refractivity contribution in [2.24, 2.45) is 5.41 Å². The van der Waals surface area contributed by atoms with Crippen molar-refractivity contribution in [3.05, 3.63) is 54.3 Å². The third kappa shape index (κ3) is 1.93. The molecule has 96 valence electrons. The molecule has 0 spiro atoms. The van der Waals surface area contributed by atoms with Crippen LogP contribution in [0.15, 0.2) is 53.2 Å². The van der Waals surface area contributed by atoms with Gasteiger partial charge in [-0.15, -0.1) is 0 Å². The molecule has 0 saturated carbocycles. The number of carbonyl (C=O) groups excluding carboxylic acids is 1. The Labute approximate surface area is 112 Å². The van der Waals surface area contributed by atoms with Crippen LogP contribution in [0.5, 0.6) is 0 Å². The second-order valence-corrected chi connectivity index (χ2v) is 5.80. The van der Waals surface area contributed by atoms with E-state index in [2.05, 4.69) is 20.4 Å². The summed E-state index contributed by atoms with van der Waals surface area (Å²) in [6.07, 6.45) is 4.43. The highest BCUT2D eigenvalue weighted by molar-refractivity contribution is 6.31. The van der Waals surface area contributed by atoms with Crippen LogP contribution in [0.2, 0.25) is 0 Å². The largest absolute Gasteiger partial charge is 0.464 e. The molecule has 1 aromatic carbocycles. The molecule has 1 aliphatic rings. The van der Waals surface area contributed by atoms with Crippen LogP contribution in [-0.4, -0.2) is 5.78 Å². The van der Waals surface area contributed by atoms with E-state index in [1.165, 1.54) is 0 Å². The van der Waals surface area contributed by atoms with Crippen molar-refractivity contribution in [3.8, 4) is 0 Å². The lowest BCUT2D eigenvalue weighted by Crippen LogP contribution is -2.21. The second-order valence-electron chi connectivity index (χ2n) is 5.80. The third-order valence-electron chi connectivity index (χ3n) is 3.54. The molecule has 0 amide bonds. The van der Waals surface area contributed by atoms with Gasteiger partial charge in [0, 0.05) is 16.5 Å². The molecule has 0 aliphatic heterocycles. The summed E-state index contributed by atoms with van der Waals surface area (Å²) in [6, 6.07) is 7.77. The molecule has 3 rings (SSSR count). The van der Waals surface area contributed by atoms with Gasteiger partial charge in [0.05, 0.1) is 6.26 Å². The van der Waals surface area contributed by atoms with Crippen LogP contribution >= 0.6 is 0 Å². The number of Topliss-reactive ketones (excluding diaryl/α,β-unsaturated/α-hetero) is 1. The number of allylic oxidation sites excluding steroid dienone is 3. The highest BCUT2D eigenvalue weighted by atomic mass is 16.3. The summed E-state index contributed by atoms with van der Waals surface area (Å²) in [5.41, 5.74) is 3.02. The molecule has 2 aromatic rings. The van der Waals surface area contributed by atoms with Gasteiger partial charge in [0.2, 0.25) is 0 Å². The second kappa shape index (κ2) is 3.95. The maximum atomic E-state index is 12.3. The van der Waals surface area contributed by atoms with Gasteiger partial charge in [-0.25, -0.2) is 0 Å². The number of fused-ring (bicyclic) bond motifs is 1. The fourth-order valence-electron chi connectivity index (χ4n) is 2.71. The zero-order valence-corrected chi connectivity index (χ0v) is 11.2. The van der Waals surface area contributed by atoms with Crippen LogP contribution in [0.3, 0.4) is 0 Å². The molecule has 0 fully saturated rings. The van der Waals surface area contributed by atoms with Gasteiger partial charge in [0.1, 0.15) is 5.58 Å². The Morgan fingerprint density at radius 1 is 1.26 bits per heavy atom. The molecule has 2 nitrogen and oxygen atoms in total. The van der Waals surface area contributed by atoms with E-state index in [1.807, 2.05) is 30.3 Å². The van der Waals surface area contributed by atoms with Crippen LogP contribution in [0.1, 0.15) is 25.8 Å². The van der Waals surface area contributed by atoms with Crippen molar-refractivity contribution >= 4 is 22.3 Å². The summed E-state index contributed by atoms with van der Waals surface area (Å²) >= 11 is 0. The Bertz CT molecular complexity index is 714. The van der Waals surface area contributed by atoms with Crippen molar-refractivity contribution in [1.29, 1.82) is 0 Å². The van der Waals surface area contributed by atoms with E-state index in [0.29, 0.717) is 17.6 Å². The number of hydrogen-bond acceptors (Lipinski definition) is 2. The van der Waals surface area contributed by atoms with Crippen LogP contribution in [0, 0.1) is 5.41 Å². The highest BCUT2D eigenvalue weighted by Gasteiger charge is 2.30. The lowest BCUT2D eigenvalue weighted by Gasteiger charge is -2.27. The number of furan rings is 1. The third-order valence-corrected chi connectivity index (χ3v) is 3.54. The quantitative estimate of drug-likeness (QED) is 0.705. The summed E-state index contributed by atoms with van der Waals surface area (Å²) in [4.78, 5) is 12.3. The first-order valence-corrected chi connectivity index (χ1v) is 6.40. The Morgan fingerprint density at radius 3 is 2.79 bits per heavy atom. The van der Waals surface area contributed by atoms with Crippen molar-refractivity contribution in [2.75, 3.05) is 0 Å². The first-order valence-electron chi connectivity index (χ1n) is 6.40. The molecule has 0 atom stereocenters. The predicted molar refractivity (Wildman–Crippen MR) is 76.7 cm³/mol. The molecule has 0 bridgehead atoms. The Hall–Kier alpha value is -2.09. The van der Waals surface area contributed by atoms with Gasteiger partial charge in [-0.1, -0.05) is 44.7 Å². The van der Waals surface area contributed by atoms with Gasteiger partial charge in [-0.2, -0.15) is 0 Å². The topological polar surface area (TPSA) is 30.2 Å². The summed E-state index contributed by atoms with van der Waals surface area (Å²) < 4.78 is 5.53. The maximum absolute atomic E-state index is 12.3. The van der Waals surface area contributed by atoms with Crippen molar-refractivity contribution in [2.45, 2.75) is 20.3 Å². The SMILES string of the molecule is C=C1CC(C)(C)C=C(c2coc3ccccc23)C1=O. The average Bonchev–Trinajstić information content (AvgIpc) is 2.77. The predicted octanol–water partition coefficient (Wildman–Crippen LogP) is 4.37. The minimum atomic E-state index is -0.0430. The molecule has 1 heterocycles. The van der Waals surface area contributed by atoms with Gasteiger partial charge in [0.15, 0.2) is 5.78 Å². The molecule has 0 saturated heterocycles. The minimum Gasteiger partial charge on any atom is -0.464 e. The molecular weight excluding hydrogens is 236 g/mol. The molecule has 2 heteroatoms. The number of para-hydroxylation sites is 1. The lowest BCUT2D eigenvalue weighted by atomic mass is 9.75. The zero-order valence-electron chi connectivity index (χ0n) is 11.2. The van der Waals surface area contributed by atoms with E-state index in [9.17, 15) is 4.79 Å². The van der Waals surface area contributed by atoms with Crippen LogP contribution < -0.4 is 0 Å². The highest BCUT2D eigenvalue weighted by Crippen LogP contribution is 2.39. The van der Waals surface area contributed by atoms with Gasteiger partial charge in [0.25, 0.3) is 0 Å². The van der Waals surface area contributed by atoms with Crippen molar-refractivity contribution < 1.29 is 9.21 Å². The molecular formula is C17H16O2. The Kier molecular flexibility index (Phi) is 2.49. The number of carbonyl (C=O) groups is 1. The Balaban J connectivity index is 2.23. The average molecular weight is 252 g/mol. The smallest absolute Gasteiger partial charge is 0.188 e. The maximum Gasteiger partial charge on any atom is 0.188 e. The van der Waals surface area contributed by atoms with E-state index in [-0.39, 0.29) is 11.2 Å². The van der Waals surface area contributed by atoms with Gasteiger partial charge >= 0.3 is 0 Å².